The second-order valence-corrected chi connectivity index (χ2v) is 5.33. The Kier molecular flexibility index (Phi) is 5.04. The first-order chi connectivity index (χ1) is 9.60. The number of halogens is 2. The topological polar surface area (TPSA) is 38.3 Å². The highest BCUT2D eigenvalue weighted by Crippen LogP contribution is 2.23. The fraction of sp³-hybridized carbons (Fsp3) is 0.133. The van der Waals surface area contributed by atoms with E-state index in [0.717, 1.165) is 5.75 Å². The zero-order chi connectivity index (χ0) is 14.5. The van der Waals surface area contributed by atoms with Crippen molar-refractivity contribution in [3.05, 3.63) is 57.5 Å². The third kappa shape index (κ3) is 3.74. The van der Waals surface area contributed by atoms with Gasteiger partial charge >= 0.3 is 0 Å². The predicted octanol–water partition coefficient (Wildman–Crippen LogP) is 4.75. The van der Waals surface area contributed by atoms with Crippen LogP contribution in [-0.2, 0) is 0 Å². The minimum absolute atomic E-state index is 0.197. The summed E-state index contributed by atoms with van der Waals surface area (Å²) < 4.78 is 6.01. The monoisotopic (exact) mass is 353 g/mol. The molecule has 20 heavy (non-hydrogen) atoms. The molecule has 0 fully saturated rings. The molecule has 0 aliphatic heterocycles. The Morgan fingerprint density at radius 2 is 1.95 bits per heavy atom. The minimum atomic E-state index is -0.197. The van der Waals surface area contributed by atoms with E-state index in [1.807, 2.05) is 19.1 Å². The first kappa shape index (κ1) is 14.9. The van der Waals surface area contributed by atoms with E-state index < -0.39 is 0 Å². The smallest absolute Gasteiger partial charge is 0.256 e. The van der Waals surface area contributed by atoms with Crippen LogP contribution in [0.4, 0.5) is 5.69 Å². The Hall–Kier alpha value is -1.52. The molecule has 2 aromatic carbocycles. The van der Waals surface area contributed by atoms with Crippen LogP contribution >= 0.6 is 27.5 Å². The van der Waals surface area contributed by atoms with Crippen molar-refractivity contribution >= 4 is 39.1 Å². The van der Waals surface area contributed by atoms with Gasteiger partial charge in [0.15, 0.2) is 0 Å². The zero-order valence-corrected chi connectivity index (χ0v) is 13.2. The Bertz CT molecular complexity index is 614. The summed E-state index contributed by atoms with van der Waals surface area (Å²) in [5.41, 5.74) is 1.24. The van der Waals surface area contributed by atoms with Crippen LogP contribution in [0, 0.1) is 0 Å². The number of anilines is 1. The number of amides is 1. The van der Waals surface area contributed by atoms with E-state index in [9.17, 15) is 4.79 Å². The number of nitrogens with one attached hydrogen (secondary N) is 1. The lowest BCUT2D eigenvalue weighted by Gasteiger charge is -2.08. The maximum Gasteiger partial charge on any atom is 0.256 e. The van der Waals surface area contributed by atoms with Crippen LogP contribution in [0.5, 0.6) is 5.75 Å². The molecule has 0 unspecified atom stereocenters. The van der Waals surface area contributed by atoms with E-state index in [-0.39, 0.29) is 5.91 Å². The van der Waals surface area contributed by atoms with Gasteiger partial charge < -0.3 is 10.1 Å². The van der Waals surface area contributed by atoms with Crippen LogP contribution < -0.4 is 10.1 Å². The lowest BCUT2D eigenvalue weighted by Crippen LogP contribution is -2.12. The van der Waals surface area contributed by atoms with Gasteiger partial charge in [0.25, 0.3) is 5.91 Å². The molecule has 0 heterocycles. The van der Waals surface area contributed by atoms with Gasteiger partial charge in [-0.3, -0.25) is 4.79 Å². The molecular weight excluding hydrogens is 342 g/mol. The molecule has 0 atom stereocenters. The Morgan fingerprint density at radius 1 is 1.25 bits per heavy atom. The van der Waals surface area contributed by atoms with Crippen LogP contribution in [-0.4, -0.2) is 12.5 Å². The van der Waals surface area contributed by atoms with E-state index in [0.29, 0.717) is 27.4 Å². The first-order valence-corrected chi connectivity index (χ1v) is 7.26. The molecular formula is C15H13BrClNO2. The van der Waals surface area contributed by atoms with E-state index in [4.69, 9.17) is 16.3 Å². The molecule has 0 aliphatic carbocycles. The van der Waals surface area contributed by atoms with Crippen LogP contribution in [0.3, 0.4) is 0 Å². The van der Waals surface area contributed by atoms with Crippen molar-refractivity contribution in [3.63, 3.8) is 0 Å². The number of benzene rings is 2. The van der Waals surface area contributed by atoms with Crippen molar-refractivity contribution in [1.29, 1.82) is 0 Å². The molecule has 5 heteroatoms. The largest absolute Gasteiger partial charge is 0.494 e. The third-order valence-corrected chi connectivity index (χ3v) is 3.49. The van der Waals surface area contributed by atoms with Gasteiger partial charge in [0, 0.05) is 15.2 Å². The summed E-state index contributed by atoms with van der Waals surface area (Å²) >= 11 is 9.18. The molecule has 0 spiro atoms. The van der Waals surface area contributed by atoms with Gasteiger partial charge in [-0.25, -0.2) is 0 Å². The molecule has 0 saturated heterocycles. The van der Waals surface area contributed by atoms with E-state index in [1.165, 1.54) is 0 Å². The molecule has 2 aromatic rings. The summed E-state index contributed by atoms with van der Waals surface area (Å²) in [6.45, 7) is 2.54. The molecule has 0 radical (unpaired) electrons. The van der Waals surface area contributed by atoms with Gasteiger partial charge in [0.2, 0.25) is 0 Å². The van der Waals surface area contributed by atoms with Gasteiger partial charge in [-0.15, -0.1) is 0 Å². The summed E-state index contributed by atoms with van der Waals surface area (Å²) in [4.78, 5) is 12.1. The molecule has 0 saturated carbocycles. The van der Waals surface area contributed by atoms with Crippen molar-refractivity contribution in [2.24, 2.45) is 0 Å². The fourth-order valence-corrected chi connectivity index (χ4v) is 2.54. The summed E-state index contributed by atoms with van der Waals surface area (Å²) in [5.74, 6) is 0.580. The normalized spacial score (nSPS) is 10.2. The highest BCUT2D eigenvalue weighted by molar-refractivity contribution is 9.10. The number of carbonyl (C=O) groups is 1. The van der Waals surface area contributed by atoms with Crippen molar-refractivity contribution in [3.8, 4) is 5.75 Å². The van der Waals surface area contributed by atoms with Crippen LogP contribution in [0.15, 0.2) is 46.9 Å². The molecule has 104 valence electrons. The SMILES string of the molecule is CCOc1ccc(NC(=O)c2ccc(Cl)cc2Br)cc1. The first-order valence-electron chi connectivity index (χ1n) is 6.09. The average Bonchev–Trinajstić information content (AvgIpc) is 2.41. The number of rotatable bonds is 4. The Balaban J connectivity index is 2.11. The second-order valence-electron chi connectivity index (χ2n) is 4.04. The zero-order valence-electron chi connectivity index (χ0n) is 10.8. The second kappa shape index (κ2) is 6.77. The molecule has 3 nitrogen and oxygen atoms in total. The van der Waals surface area contributed by atoms with E-state index in [1.54, 1.807) is 30.3 Å². The Morgan fingerprint density at radius 3 is 2.55 bits per heavy atom. The number of hydrogen-bond donors (Lipinski definition) is 1. The highest BCUT2D eigenvalue weighted by Gasteiger charge is 2.10. The number of hydrogen-bond acceptors (Lipinski definition) is 2. The highest BCUT2D eigenvalue weighted by atomic mass is 79.9. The van der Waals surface area contributed by atoms with Gasteiger partial charge in [0.1, 0.15) is 5.75 Å². The molecule has 0 aromatic heterocycles. The maximum atomic E-state index is 12.1. The van der Waals surface area contributed by atoms with Gasteiger partial charge in [0.05, 0.1) is 12.2 Å². The summed E-state index contributed by atoms with van der Waals surface area (Å²) in [5, 5.41) is 3.40. The van der Waals surface area contributed by atoms with Gasteiger partial charge in [-0.1, -0.05) is 11.6 Å². The van der Waals surface area contributed by atoms with E-state index >= 15 is 0 Å². The summed E-state index contributed by atoms with van der Waals surface area (Å²) in [7, 11) is 0. The molecule has 2 rings (SSSR count). The van der Waals surface area contributed by atoms with Crippen LogP contribution in [0.2, 0.25) is 5.02 Å². The molecule has 1 N–H and O–H groups in total. The molecule has 0 bridgehead atoms. The van der Waals surface area contributed by atoms with Crippen molar-refractivity contribution in [1.82, 2.24) is 0 Å². The van der Waals surface area contributed by atoms with Crippen LogP contribution in [0.25, 0.3) is 0 Å². The fourth-order valence-electron chi connectivity index (χ4n) is 1.67. The third-order valence-electron chi connectivity index (χ3n) is 2.60. The van der Waals surface area contributed by atoms with Gasteiger partial charge in [-0.05, 0) is 65.3 Å². The summed E-state index contributed by atoms with van der Waals surface area (Å²) in [6.07, 6.45) is 0. The van der Waals surface area contributed by atoms with Crippen LogP contribution in [0.1, 0.15) is 17.3 Å². The maximum absolute atomic E-state index is 12.1. The average molecular weight is 355 g/mol. The lowest BCUT2D eigenvalue weighted by atomic mass is 10.2. The number of carbonyl (C=O) groups excluding carboxylic acids is 1. The van der Waals surface area contributed by atoms with Crippen molar-refractivity contribution in [2.75, 3.05) is 11.9 Å². The quantitative estimate of drug-likeness (QED) is 0.860. The minimum Gasteiger partial charge on any atom is -0.494 e. The molecule has 1 amide bonds. The predicted molar refractivity (Wildman–Crippen MR) is 84.7 cm³/mol. The Labute approximate surface area is 131 Å². The lowest BCUT2D eigenvalue weighted by molar-refractivity contribution is 0.102. The summed E-state index contributed by atoms with van der Waals surface area (Å²) in [6, 6.07) is 12.3. The standard InChI is InChI=1S/C15H13BrClNO2/c1-2-20-12-6-4-11(5-7-12)18-15(19)13-8-3-10(17)9-14(13)16/h3-9H,2H2,1H3,(H,18,19). The number of ether oxygens (including phenoxy) is 1. The molecule has 0 aliphatic rings. The van der Waals surface area contributed by atoms with Crippen molar-refractivity contribution < 1.29 is 9.53 Å². The van der Waals surface area contributed by atoms with Crippen molar-refractivity contribution in [2.45, 2.75) is 6.92 Å². The van der Waals surface area contributed by atoms with E-state index in [2.05, 4.69) is 21.2 Å². The van der Waals surface area contributed by atoms with Gasteiger partial charge in [-0.2, -0.15) is 0 Å².